The summed E-state index contributed by atoms with van der Waals surface area (Å²) in [4.78, 5) is 0. The van der Waals surface area contributed by atoms with Crippen LogP contribution in [0.3, 0.4) is 0 Å². The van der Waals surface area contributed by atoms with Gasteiger partial charge in [-0.05, 0) is 114 Å². The van der Waals surface area contributed by atoms with Gasteiger partial charge in [-0.1, -0.05) is 153 Å². The number of nitriles is 2. The van der Waals surface area contributed by atoms with Gasteiger partial charge in [-0.25, -0.2) is 0 Å². The first kappa shape index (κ1) is 43.2. The standard InChI is InChI=1S/C70H44N6/c1-2-50-65(46-21-17-19-44(39-46)42-71)63(75-57-31-13-9-27-51(57)53-35-37-61-67(69(53)75)55-29-11-15-33-59(55)73(61)48-23-5-3-6-24-48)41-64(66(50)47-22-18-20-45(40-47)43-72)76-58-32-14-10-28-52(58)54-36-38-62-68(70(54)76)56-30-12-16-34-60(56)74(62)49-25-7-4-8-26-49/h3-41H,2H2,1H3. The largest absolute Gasteiger partial charge is 0.309 e. The maximum atomic E-state index is 10.6. The number of hydrogen-bond acceptors (Lipinski definition) is 2. The predicted octanol–water partition coefficient (Wildman–Crippen LogP) is 17.7. The quantitative estimate of drug-likeness (QED) is 0.160. The number of hydrogen-bond donors (Lipinski definition) is 0. The van der Waals surface area contributed by atoms with Crippen LogP contribution in [-0.2, 0) is 6.42 Å². The maximum Gasteiger partial charge on any atom is 0.0991 e. The lowest BCUT2D eigenvalue weighted by atomic mass is 9.86. The summed E-state index contributed by atoms with van der Waals surface area (Å²) in [6.07, 6.45) is 0.638. The van der Waals surface area contributed by atoms with Crippen LogP contribution in [0.2, 0.25) is 0 Å². The molecule has 6 nitrogen and oxygen atoms in total. The molecule has 0 saturated heterocycles. The Morgan fingerprint density at radius 2 is 0.711 bits per heavy atom. The van der Waals surface area contributed by atoms with Gasteiger partial charge in [0.15, 0.2) is 0 Å². The molecule has 11 aromatic carbocycles. The Labute approximate surface area is 437 Å². The van der Waals surface area contributed by atoms with Crippen molar-refractivity contribution < 1.29 is 0 Å². The average molecular weight is 969 g/mol. The Balaban J connectivity index is 1.20. The highest BCUT2D eigenvalue weighted by Crippen LogP contribution is 2.50. The zero-order valence-electron chi connectivity index (χ0n) is 41.4. The SMILES string of the molecule is CCc1c(-c2cccc(C#N)c2)c(-n2c3ccccc3c3ccc4c(c5ccccc5n4-c4ccccc4)c32)cc(-n2c3ccccc3c3ccc4c(c5ccccc5n4-c4ccccc4)c32)c1-c1cccc(C#N)c1. The van der Waals surface area contributed by atoms with Crippen LogP contribution < -0.4 is 0 Å². The molecule has 76 heavy (non-hydrogen) atoms. The summed E-state index contributed by atoms with van der Waals surface area (Å²) in [5.41, 5.74) is 19.2. The Morgan fingerprint density at radius 1 is 0.329 bits per heavy atom. The normalized spacial score (nSPS) is 11.8. The zero-order valence-corrected chi connectivity index (χ0v) is 41.4. The first-order chi connectivity index (χ1) is 37.6. The minimum absolute atomic E-state index is 0.581. The minimum Gasteiger partial charge on any atom is -0.309 e. The van der Waals surface area contributed by atoms with Crippen molar-refractivity contribution in [3.05, 3.63) is 253 Å². The van der Waals surface area contributed by atoms with Crippen LogP contribution in [0.15, 0.2) is 237 Å². The van der Waals surface area contributed by atoms with Gasteiger partial charge in [0.2, 0.25) is 0 Å². The molecule has 0 spiro atoms. The highest BCUT2D eigenvalue weighted by molar-refractivity contribution is 6.28. The third kappa shape index (κ3) is 6.13. The van der Waals surface area contributed by atoms with E-state index < -0.39 is 0 Å². The van der Waals surface area contributed by atoms with Crippen molar-refractivity contribution in [3.63, 3.8) is 0 Å². The second-order valence-corrected chi connectivity index (χ2v) is 19.7. The lowest BCUT2D eigenvalue weighted by Gasteiger charge is -2.26. The van der Waals surface area contributed by atoms with Crippen LogP contribution in [0.1, 0.15) is 23.6 Å². The van der Waals surface area contributed by atoms with E-state index in [4.69, 9.17) is 0 Å². The van der Waals surface area contributed by atoms with Gasteiger partial charge in [-0.3, -0.25) is 0 Å². The van der Waals surface area contributed by atoms with Crippen molar-refractivity contribution in [1.29, 1.82) is 10.5 Å². The smallest absolute Gasteiger partial charge is 0.0991 e. The molecule has 0 N–H and O–H groups in total. The van der Waals surface area contributed by atoms with Crippen LogP contribution in [0, 0.1) is 22.7 Å². The maximum absolute atomic E-state index is 10.6. The van der Waals surface area contributed by atoms with E-state index in [1.807, 2.05) is 36.4 Å². The second-order valence-electron chi connectivity index (χ2n) is 19.7. The molecule has 0 fully saturated rings. The Hall–Kier alpha value is -10.4. The lowest BCUT2D eigenvalue weighted by Crippen LogP contribution is -2.08. The van der Waals surface area contributed by atoms with Gasteiger partial charge in [0.05, 0.1) is 78.8 Å². The molecule has 0 saturated carbocycles. The molecule has 6 heteroatoms. The van der Waals surface area contributed by atoms with Gasteiger partial charge in [0.25, 0.3) is 0 Å². The van der Waals surface area contributed by atoms with E-state index in [-0.39, 0.29) is 0 Å². The van der Waals surface area contributed by atoms with Crippen molar-refractivity contribution in [2.75, 3.05) is 0 Å². The summed E-state index contributed by atoms with van der Waals surface area (Å²) in [7, 11) is 0. The summed E-state index contributed by atoms with van der Waals surface area (Å²) in [5.74, 6) is 0. The molecular formula is C70H44N6. The fraction of sp³-hybridized carbons (Fsp3) is 0.0286. The first-order valence-electron chi connectivity index (χ1n) is 25.9. The summed E-state index contributed by atoms with van der Waals surface area (Å²) in [5, 5.41) is 30.4. The average Bonchev–Trinajstić information content (AvgIpc) is 4.39. The number of rotatable bonds is 7. The van der Waals surface area contributed by atoms with E-state index in [0.717, 1.165) is 138 Å². The molecule has 0 aliphatic rings. The van der Waals surface area contributed by atoms with E-state index in [0.29, 0.717) is 17.5 Å². The van der Waals surface area contributed by atoms with Crippen LogP contribution in [0.4, 0.5) is 0 Å². The monoisotopic (exact) mass is 968 g/mol. The van der Waals surface area contributed by atoms with Gasteiger partial charge in [-0.2, -0.15) is 10.5 Å². The number of fused-ring (bicyclic) bond motifs is 14. The topological polar surface area (TPSA) is 67.3 Å². The van der Waals surface area contributed by atoms with E-state index >= 15 is 0 Å². The molecule has 0 amide bonds. The van der Waals surface area contributed by atoms with Crippen LogP contribution >= 0.6 is 0 Å². The van der Waals surface area contributed by atoms with Gasteiger partial charge in [0.1, 0.15) is 0 Å². The Bertz CT molecular complexity index is 4680. The molecule has 354 valence electrons. The lowest BCUT2D eigenvalue weighted by molar-refractivity contribution is 1.08. The molecule has 0 bridgehead atoms. The van der Waals surface area contributed by atoms with Gasteiger partial charge >= 0.3 is 0 Å². The molecular weight excluding hydrogens is 925 g/mol. The van der Waals surface area contributed by atoms with E-state index in [9.17, 15) is 10.5 Å². The third-order valence-electron chi connectivity index (χ3n) is 15.8. The highest BCUT2D eigenvalue weighted by atomic mass is 15.0. The van der Waals surface area contributed by atoms with Crippen LogP contribution in [0.5, 0.6) is 0 Å². The fourth-order valence-corrected chi connectivity index (χ4v) is 12.8. The molecule has 0 radical (unpaired) electrons. The fourth-order valence-electron chi connectivity index (χ4n) is 12.8. The zero-order chi connectivity index (χ0) is 50.6. The molecule has 0 atom stereocenters. The molecule has 0 aliphatic heterocycles. The second kappa shape index (κ2) is 16.8. The highest BCUT2D eigenvalue weighted by Gasteiger charge is 2.29. The Kier molecular flexibility index (Phi) is 9.57. The molecule has 0 unspecified atom stereocenters. The summed E-state index contributed by atoms with van der Waals surface area (Å²) >= 11 is 0. The van der Waals surface area contributed by atoms with Crippen molar-refractivity contribution in [2.24, 2.45) is 0 Å². The minimum atomic E-state index is 0.581. The predicted molar refractivity (Wildman–Crippen MR) is 313 cm³/mol. The van der Waals surface area contributed by atoms with Crippen molar-refractivity contribution in [1.82, 2.24) is 18.3 Å². The first-order valence-corrected chi connectivity index (χ1v) is 25.9. The van der Waals surface area contributed by atoms with Gasteiger partial charge < -0.3 is 18.3 Å². The number of nitrogens with zero attached hydrogens (tertiary/aromatic N) is 6. The van der Waals surface area contributed by atoms with Crippen molar-refractivity contribution in [2.45, 2.75) is 13.3 Å². The number of aromatic nitrogens is 4. The van der Waals surface area contributed by atoms with E-state index in [1.54, 1.807) is 0 Å². The van der Waals surface area contributed by atoms with Crippen molar-refractivity contribution >= 4 is 87.2 Å². The summed E-state index contributed by atoms with van der Waals surface area (Å²) in [6.45, 7) is 2.24. The van der Waals surface area contributed by atoms with E-state index in [2.05, 4.69) is 238 Å². The summed E-state index contributed by atoms with van der Waals surface area (Å²) in [6, 6.07) is 89.2. The molecule has 4 heterocycles. The number of para-hydroxylation sites is 6. The molecule has 15 rings (SSSR count). The van der Waals surface area contributed by atoms with Gasteiger partial charge in [-0.15, -0.1) is 0 Å². The Morgan fingerprint density at radius 3 is 1.12 bits per heavy atom. The summed E-state index contributed by atoms with van der Waals surface area (Å²) < 4.78 is 9.83. The number of benzene rings is 11. The van der Waals surface area contributed by atoms with Crippen LogP contribution in [-0.4, -0.2) is 18.3 Å². The van der Waals surface area contributed by atoms with Crippen molar-refractivity contribution in [3.8, 4) is 57.1 Å². The van der Waals surface area contributed by atoms with Gasteiger partial charge in [0, 0.05) is 65.6 Å². The van der Waals surface area contributed by atoms with Crippen LogP contribution in [0.25, 0.3) is 132 Å². The molecule has 0 aliphatic carbocycles. The molecule has 15 aromatic rings. The third-order valence-corrected chi connectivity index (χ3v) is 15.8. The van der Waals surface area contributed by atoms with E-state index in [1.165, 1.54) is 0 Å². The molecule has 4 aromatic heterocycles.